The number of ether oxygens (including phenoxy) is 5. The Bertz CT molecular complexity index is 1430. The van der Waals surface area contributed by atoms with Crippen molar-refractivity contribution in [2.24, 2.45) is 0 Å². The number of aromatic nitrogens is 2. The van der Waals surface area contributed by atoms with Gasteiger partial charge < -0.3 is 38.3 Å². The third kappa shape index (κ3) is 4.05. The SMILES string of the molecule is COc1cc([C@H]2C(=C(O)c3ccc4c(c3)OCCO4)C(=O)C(=O)N2CCCn2ccnc2)cc2c1OCO2. The molecule has 1 aromatic heterocycles. The summed E-state index contributed by atoms with van der Waals surface area (Å²) >= 11 is 0. The molecule has 4 heterocycles. The molecule has 1 N–H and O–H groups in total. The van der Waals surface area contributed by atoms with Crippen LogP contribution in [0.4, 0.5) is 0 Å². The van der Waals surface area contributed by atoms with E-state index in [9.17, 15) is 14.7 Å². The number of aliphatic hydroxyl groups is 1. The monoisotopic (exact) mass is 519 g/mol. The van der Waals surface area contributed by atoms with E-state index in [1.807, 2.05) is 10.8 Å². The number of amides is 1. The molecule has 3 aliphatic heterocycles. The Morgan fingerprint density at radius 2 is 1.89 bits per heavy atom. The summed E-state index contributed by atoms with van der Waals surface area (Å²) in [6.45, 7) is 1.69. The molecular formula is C27H25N3O8. The van der Waals surface area contributed by atoms with Crippen molar-refractivity contribution in [1.82, 2.24) is 14.5 Å². The summed E-state index contributed by atoms with van der Waals surface area (Å²) in [5.74, 6) is 0.499. The van der Waals surface area contributed by atoms with Crippen molar-refractivity contribution >= 4 is 17.4 Å². The first-order valence-corrected chi connectivity index (χ1v) is 12.2. The van der Waals surface area contributed by atoms with E-state index in [-0.39, 0.29) is 24.7 Å². The van der Waals surface area contributed by atoms with Crippen LogP contribution in [0.15, 0.2) is 54.6 Å². The summed E-state index contributed by atoms with van der Waals surface area (Å²) in [7, 11) is 1.50. The molecule has 1 atom stereocenters. The van der Waals surface area contributed by atoms with Crippen LogP contribution in [0.25, 0.3) is 5.76 Å². The van der Waals surface area contributed by atoms with Crippen molar-refractivity contribution in [3.63, 3.8) is 0 Å². The van der Waals surface area contributed by atoms with Gasteiger partial charge in [-0.15, -0.1) is 0 Å². The fourth-order valence-corrected chi connectivity index (χ4v) is 4.95. The Hall–Kier alpha value is -4.67. The van der Waals surface area contributed by atoms with E-state index in [2.05, 4.69) is 4.98 Å². The smallest absolute Gasteiger partial charge is 0.295 e. The highest BCUT2D eigenvalue weighted by Gasteiger charge is 2.46. The molecule has 2 aromatic carbocycles. The molecule has 0 spiro atoms. The molecule has 1 saturated heterocycles. The minimum Gasteiger partial charge on any atom is -0.507 e. The van der Waals surface area contributed by atoms with Crippen molar-refractivity contribution in [2.75, 3.05) is 33.7 Å². The van der Waals surface area contributed by atoms with Crippen LogP contribution in [0.3, 0.4) is 0 Å². The Morgan fingerprint density at radius 3 is 2.68 bits per heavy atom. The standard InChI is InChI=1S/C27H25N3O8/c1-34-20-12-17(13-21-26(20)38-15-37-21)23-22(24(31)16-3-4-18-19(11-16)36-10-9-35-18)25(32)27(33)30(23)7-2-6-29-8-5-28-14-29/h3-5,8,11-14,23,31H,2,6-7,9-10,15H2,1H3/t23-/m0/s1. The third-order valence-electron chi connectivity index (χ3n) is 6.73. The zero-order chi connectivity index (χ0) is 26.2. The molecule has 11 nitrogen and oxygen atoms in total. The molecule has 0 radical (unpaired) electrons. The molecule has 196 valence electrons. The van der Waals surface area contributed by atoms with E-state index in [4.69, 9.17) is 23.7 Å². The van der Waals surface area contributed by atoms with Crippen LogP contribution in [-0.4, -0.2) is 64.9 Å². The van der Waals surface area contributed by atoms with Crippen LogP contribution in [-0.2, 0) is 16.1 Å². The van der Waals surface area contributed by atoms with E-state index < -0.39 is 17.7 Å². The zero-order valence-electron chi connectivity index (χ0n) is 20.6. The Kier molecular flexibility index (Phi) is 6.02. The number of Topliss-reactive ketones (excluding diaryl/α,β-unsaturated/α-hetero) is 1. The van der Waals surface area contributed by atoms with Gasteiger partial charge >= 0.3 is 0 Å². The molecule has 38 heavy (non-hydrogen) atoms. The fourth-order valence-electron chi connectivity index (χ4n) is 4.95. The molecule has 0 aliphatic carbocycles. The van der Waals surface area contributed by atoms with Gasteiger partial charge in [0.25, 0.3) is 11.7 Å². The van der Waals surface area contributed by atoms with Gasteiger partial charge in [0.05, 0.1) is 25.1 Å². The second-order valence-corrected chi connectivity index (χ2v) is 8.96. The number of methoxy groups -OCH3 is 1. The molecule has 3 aliphatic rings. The summed E-state index contributed by atoms with van der Waals surface area (Å²) in [5.41, 5.74) is 0.852. The van der Waals surface area contributed by atoms with Gasteiger partial charge in [0.15, 0.2) is 23.0 Å². The van der Waals surface area contributed by atoms with E-state index >= 15 is 0 Å². The maximum Gasteiger partial charge on any atom is 0.295 e. The summed E-state index contributed by atoms with van der Waals surface area (Å²) in [4.78, 5) is 32.3. The van der Waals surface area contributed by atoms with E-state index in [1.165, 1.54) is 12.0 Å². The van der Waals surface area contributed by atoms with Gasteiger partial charge in [-0.25, -0.2) is 4.98 Å². The molecular weight excluding hydrogens is 494 g/mol. The first-order chi connectivity index (χ1) is 18.5. The maximum atomic E-state index is 13.4. The van der Waals surface area contributed by atoms with E-state index in [0.29, 0.717) is 66.1 Å². The van der Waals surface area contributed by atoms with Gasteiger partial charge in [0.1, 0.15) is 19.0 Å². The molecule has 1 amide bonds. The lowest BCUT2D eigenvalue weighted by atomic mass is 9.94. The molecule has 6 rings (SSSR count). The van der Waals surface area contributed by atoms with Crippen LogP contribution in [0.2, 0.25) is 0 Å². The van der Waals surface area contributed by atoms with Crippen LogP contribution in [0.1, 0.15) is 23.6 Å². The number of benzene rings is 2. The topological polar surface area (TPSA) is 122 Å². The van der Waals surface area contributed by atoms with Crippen LogP contribution in [0, 0.1) is 0 Å². The quantitative estimate of drug-likeness (QED) is 0.285. The normalized spacial score (nSPS) is 19.2. The molecule has 0 saturated carbocycles. The second kappa shape index (κ2) is 9.66. The highest BCUT2D eigenvalue weighted by atomic mass is 16.7. The lowest BCUT2D eigenvalue weighted by molar-refractivity contribution is -0.139. The van der Waals surface area contributed by atoms with Crippen molar-refractivity contribution < 1.29 is 38.4 Å². The number of hydrogen-bond acceptors (Lipinski definition) is 9. The van der Waals surface area contributed by atoms with E-state index in [0.717, 1.165) is 0 Å². The number of likely N-dealkylation sites (tertiary alicyclic amines) is 1. The number of ketones is 1. The van der Waals surface area contributed by atoms with Gasteiger partial charge in [0, 0.05) is 31.0 Å². The van der Waals surface area contributed by atoms with Gasteiger partial charge in [-0.05, 0) is 42.3 Å². The molecule has 11 heteroatoms. The average Bonchev–Trinajstić information content (AvgIpc) is 3.69. The predicted molar refractivity (Wildman–Crippen MR) is 132 cm³/mol. The lowest BCUT2D eigenvalue weighted by Gasteiger charge is -2.26. The predicted octanol–water partition coefficient (Wildman–Crippen LogP) is 2.90. The lowest BCUT2D eigenvalue weighted by Crippen LogP contribution is -2.31. The Labute approximate surface area is 217 Å². The maximum absolute atomic E-state index is 13.4. The Morgan fingerprint density at radius 1 is 1.05 bits per heavy atom. The first kappa shape index (κ1) is 23.7. The van der Waals surface area contributed by atoms with E-state index in [1.54, 1.807) is 42.9 Å². The highest BCUT2D eigenvalue weighted by molar-refractivity contribution is 6.46. The Balaban J connectivity index is 1.43. The zero-order valence-corrected chi connectivity index (χ0v) is 20.6. The third-order valence-corrected chi connectivity index (χ3v) is 6.73. The van der Waals surface area contributed by atoms with Gasteiger partial charge in [-0.1, -0.05) is 0 Å². The molecule has 1 fully saturated rings. The van der Waals surface area contributed by atoms with Gasteiger partial charge in [-0.2, -0.15) is 0 Å². The van der Waals surface area contributed by atoms with Crippen LogP contribution < -0.4 is 23.7 Å². The van der Waals surface area contributed by atoms with Crippen LogP contribution >= 0.6 is 0 Å². The number of imidazole rings is 1. The fraction of sp³-hybridized carbons (Fsp3) is 0.296. The summed E-state index contributed by atoms with van der Waals surface area (Å²) < 4.78 is 29.7. The molecule has 0 bridgehead atoms. The van der Waals surface area contributed by atoms with Gasteiger partial charge in [-0.3, -0.25) is 9.59 Å². The number of aliphatic hydroxyl groups excluding tert-OH is 1. The number of fused-ring (bicyclic) bond motifs is 2. The van der Waals surface area contributed by atoms with Crippen LogP contribution in [0.5, 0.6) is 28.7 Å². The number of carbonyl (C=O) groups is 2. The molecule has 3 aromatic rings. The minimum absolute atomic E-state index is 0.0252. The van der Waals surface area contributed by atoms with Gasteiger partial charge in [0.2, 0.25) is 12.5 Å². The summed E-state index contributed by atoms with van der Waals surface area (Å²) in [6.07, 6.45) is 5.76. The summed E-state index contributed by atoms with van der Waals surface area (Å²) in [6, 6.07) is 7.43. The van der Waals surface area contributed by atoms with Crippen molar-refractivity contribution in [1.29, 1.82) is 0 Å². The number of rotatable bonds is 7. The van der Waals surface area contributed by atoms with Crippen molar-refractivity contribution in [3.8, 4) is 28.7 Å². The van der Waals surface area contributed by atoms with Crippen molar-refractivity contribution in [3.05, 3.63) is 65.8 Å². The second-order valence-electron chi connectivity index (χ2n) is 8.96. The number of hydrogen-bond donors (Lipinski definition) is 1. The largest absolute Gasteiger partial charge is 0.507 e. The number of carbonyl (C=O) groups excluding carboxylic acids is 2. The minimum atomic E-state index is -0.880. The highest BCUT2D eigenvalue weighted by Crippen LogP contribution is 2.47. The first-order valence-electron chi connectivity index (χ1n) is 12.2. The summed E-state index contributed by atoms with van der Waals surface area (Å²) in [5, 5.41) is 11.4. The van der Waals surface area contributed by atoms with Crippen molar-refractivity contribution in [2.45, 2.75) is 19.0 Å². The molecule has 0 unspecified atom stereocenters. The number of nitrogens with zero attached hydrogens (tertiary/aromatic N) is 3. The number of aryl methyl sites for hydroxylation is 1. The average molecular weight is 520 g/mol.